The Morgan fingerprint density at radius 3 is 2.38 bits per heavy atom. The molecule has 0 radical (unpaired) electrons. The lowest BCUT2D eigenvalue weighted by molar-refractivity contribution is -0.384. The molecule has 1 heterocycles. The maximum atomic E-state index is 13.7. The number of nitrogens with two attached hydrogens (primary N) is 1. The number of nitro groups is 1. The number of amides is 2. The third kappa shape index (κ3) is 7.40. The van der Waals surface area contributed by atoms with Crippen LogP contribution in [0.25, 0.3) is 0 Å². The number of hydrogen-bond donors (Lipinski definition) is 2. The Kier molecular flexibility index (Phi) is 9.66. The fourth-order valence-corrected chi connectivity index (χ4v) is 5.53. The molecule has 1 aliphatic heterocycles. The second kappa shape index (κ2) is 13.1. The summed E-state index contributed by atoms with van der Waals surface area (Å²) in [4.78, 5) is 41.8. The van der Waals surface area contributed by atoms with E-state index in [1.807, 2.05) is 31.2 Å². The molecule has 0 spiro atoms. The minimum atomic E-state index is -0.596. The molecule has 2 amide bonds. The predicted molar refractivity (Wildman–Crippen MR) is 148 cm³/mol. The van der Waals surface area contributed by atoms with Crippen molar-refractivity contribution in [3.8, 4) is 0 Å². The first-order valence-electron chi connectivity index (χ1n) is 13.6. The average molecular weight is 538 g/mol. The van der Waals surface area contributed by atoms with Crippen LogP contribution >= 0.6 is 0 Å². The lowest BCUT2D eigenvalue weighted by Crippen LogP contribution is -2.50. The van der Waals surface area contributed by atoms with E-state index in [1.165, 1.54) is 12.1 Å². The van der Waals surface area contributed by atoms with Crippen molar-refractivity contribution in [3.63, 3.8) is 0 Å². The molecule has 210 valence electrons. The summed E-state index contributed by atoms with van der Waals surface area (Å²) in [6, 6.07) is 13.5. The van der Waals surface area contributed by atoms with Gasteiger partial charge in [-0.15, -0.1) is 0 Å². The molecule has 2 fully saturated rings. The number of ether oxygens (including phenoxy) is 1. The lowest BCUT2D eigenvalue weighted by Gasteiger charge is -2.30. The van der Waals surface area contributed by atoms with Crippen LogP contribution in [-0.2, 0) is 16.1 Å². The van der Waals surface area contributed by atoms with E-state index in [0.717, 1.165) is 36.8 Å². The van der Waals surface area contributed by atoms with Gasteiger partial charge in [0.1, 0.15) is 6.04 Å². The molecule has 2 atom stereocenters. The SMILES string of the molecule is COCCN(Cc1ccc([N+](=O)[O-])cc1)C1CC(C(=O)NC2CCC(N)CC2)N(C(=O)c2ccc(C)cc2)C1. The number of aryl methyl sites for hydroxylation is 1. The molecule has 2 aromatic rings. The molecular formula is C29H39N5O5. The van der Waals surface area contributed by atoms with Crippen molar-refractivity contribution in [1.82, 2.24) is 15.1 Å². The van der Waals surface area contributed by atoms with Gasteiger partial charge < -0.3 is 20.7 Å². The van der Waals surface area contributed by atoms with Crippen LogP contribution in [0.15, 0.2) is 48.5 Å². The quantitative estimate of drug-likeness (QED) is 0.352. The number of non-ortho nitro benzene ring substituents is 1. The molecule has 1 saturated carbocycles. The smallest absolute Gasteiger partial charge is 0.269 e. The molecule has 39 heavy (non-hydrogen) atoms. The van der Waals surface area contributed by atoms with Crippen LogP contribution in [0.2, 0.25) is 0 Å². The molecular weight excluding hydrogens is 498 g/mol. The largest absolute Gasteiger partial charge is 0.383 e. The van der Waals surface area contributed by atoms with Gasteiger partial charge in [-0.2, -0.15) is 0 Å². The topological polar surface area (TPSA) is 131 Å². The predicted octanol–water partition coefficient (Wildman–Crippen LogP) is 3.02. The number of carbonyl (C=O) groups excluding carboxylic acids is 2. The molecule has 10 nitrogen and oxygen atoms in total. The van der Waals surface area contributed by atoms with E-state index in [2.05, 4.69) is 10.2 Å². The van der Waals surface area contributed by atoms with Gasteiger partial charge in [-0.1, -0.05) is 29.8 Å². The van der Waals surface area contributed by atoms with Crippen molar-refractivity contribution in [2.24, 2.45) is 5.73 Å². The Morgan fingerprint density at radius 2 is 1.77 bits per heavy atom. The molecule has 0 bridgehead atoms. The number of nitro benzene ring substituents is 1. The maximum Gasteiger partial charge on any atom is 0.269 e. The minimum absolute atomic E-state index is 0.0401. The third-order valence-electron chi connectivity index (χ3n) is 7.89. The zero-order chi connectivity index (χ0) is 27.9. The zero-order valence-corrected chi connectivity index (χ0v) is 22.8. The maximum absolute atomic E-state index is 13.7. The molecule has 2 aliphatic rings. The summed E-state index contributed by atoms with van der Waals surface area (Å²) in [5, 5.41) is 14.3. The van der Waals surface area contributed by atoms with E-state index < -0.39 is 11.0 Å². The van der Waals surface area contributed by atoms with E-state index in [1.54, 1.807) is 24.1 Å². The lowest BCUT2D eigenvalue weighted by atomic mass is 9.91. The highest BCUT2D eigenvalue weighted by Gasteiger charge is 2.42. The number of hydrogen-bond acceptors (Lipinski definition) is 7. The average Bonchev–Trinajstić information content (AvgIpc) is 3.38. The summed E-state index contributed by atoms with van der Waals surface area (Å²) in [6.45, 7) is 3.97. The van der Waals surface area contributed by atoms with Gasteiger partial charge in [-0.3, -0.25) is 24.6 Å². The van der Waals surface area contributed by atoms with Crippen LogP contribution in [0.3, 0.4) is 0 Å². The van der Waals surface area contributed by atoms with Gasteiger partial charge in [0.2, 0.25) is 5.91 Å². The Bertz CT molecular complexity index is 1130. The van der Waals surface area contributed by atoms with Crippen LogP contribution in [0.5, 0.6) is 0 Å². The highest BCUT2D eigenvalue weighted by molar-refractivity contribution is 5.98. The van der Waals surface area contributed by atoms with Gasteiger partial charge in [0.05, 0.1) is 11.5 Å². The Balaban J connectivity index is 1.55. The Labute approximate surface area is 229 Å². The number of rotatable bonds is 10. The molecule has 0 aromatic heterocycles. The van der Waals surface area contributed by atoms with Gasteiger partial charge in [0, 0.05) is 62.6 Å². The fourth-order valence-electron chi connectivity index (χ4n) is 5.53. The van der Waals surface area contributed by atoms with E-state index in [-0.39, 0.29) is 35.6 Å². The van der Waals surface area contributed by atoms with E-state index in [0.29, 0.717) is 38.2 Å². The summed E-state index contributed by atoms with van der Waals surface area (Å²) in [5.41, 5.74) is 8.62. The third-order valence-corrected chi connectivity index (χ3v) is 7.89. The minimum Gasteiger partial charge on any atom is -0.383 e. The van der Waals surface area contributed by atoms with Gasteiger partial charge in [-0.25, -0.2) is 0 Å². The van der Waals surface area contributed by atoms with Gasteiger partial charge in [0.15, 0.2) is 0 Å². The number of nitrogens with zero attached hydrogens (tertiary/aromatic N) is 3. The van der Waals surface area contributed by atoms with Crippen LogP contribution in [-0.4, -0.2) is 77.5 Å². The first-order valence-corrected chi connectivity index (χ1v) is 13.6. The van der Waals surface area contributed by atoms with Crippen molar-refractivity contribution < 1.29 is 19.2 Å². The molecule has 2 aromatic carbocycles. The molecule has 1 saturated heterocycles. The second-order valence-electron chi connectivity index (χ2n) is 10.7. The molecule has 4 rings (SSSR count). The van der Waals surface area contributed by atoms with Crippen LogP contribution in [0, 0.1) is 17.0 Å². The number of nitrogens with one attached hydrogen (secondary N) is 1. The summed E-state index contributed by atoms with van der Waals surface area (Å²) >= 11 is 0. The van der Waals surface area contributed by atoms with Gasteiger partial charge in [-0.05, 0) is 56.7 Å². The van der Waals surface area contributed by atoms with Crippen LogP contribution in [0.1, 0.15) is 53.6 Å². The highest BCUT2D eigenvalue weighted by atomic mass is 16.6. The Hall–Kier alpha value is -3.34. The second-order valence-corrected chi connectivity index (χ2v) is 10.7. The van der Waals surface area contributed by atoms with Crippen molar-refractivity contribution >= 4 is 17.5 Å². The van der Waals surface area contributed by atoms with Gasteiger partial charge >= 0.3 is 0 Å². The summed E-state index contributed by atoms with van der Waals surface area (Å²) in [7, 11) is 1.64. The molecule has 2 unspecified atom stereocenters. The fraction of sp³-hybridized carbons (Fsp3) is 0.517. The molecule has 10 heteroatoms. The molecule has 1 aliphatic carbocycles. The normalized spacial score (nSPS) is 23.1. The van der Waals surface area contributed by atoms with Crippen molar-refractivity contribution in [1.29, 1.82) is 0 Å². The van der Waals surface area contributed by atoms with Crippen molar-refractivity contribution in [2.75, 3.05) is 26.8 Å². The summed E-state index contributed by atoms with van der Waals surface area (Å²) in [5.74, 6) is -0.286. The first-order chi connectivity index (χ1) is 18.7. The first kappa shape index (κ1) is 28.7. The van der Waals surface area contributed by atoms with Crippen molar-refractivity contribution in [3.05, 3.63) is 75.3 Å². The van der Waals surface area contributed by atoms with E-state index in [9.17, 15) is 19.7 Å². The van der Waals surface area contributed by atoms with Gasteiger partial charge in [0.25, 0.3) is 11.6 Å². The summed E-state index contributed by atoms with van der Waals surface area (Å²) in [6.07, 6.45) is 3.94. The van der Waals surface area contributed by atoms with Crippen LogP contribution in [0.4, 0.5) is 5.69 Å². The number of likely N-dealkylation sites (tertiary alicyclic amines) is 1. The number of carbonyl (C=O) groups is 2. The standard InChI is InChI=1S/C29H39N5O5/c1-20-3-7-22(8-4-20)29(36)33-19-26(17-27(33)28(35)31-24-11-9-23(30)10-12-24)32(15-16-39-2)18-21-5-13-25(14-6-21)34(37)38/h3-8,13-14,23-24,26-27H,9-12,15-19,30H2,1-2H3,(H,31,35). The highest BCUT2D eigenvalue weighted by Crippen LogP contribution is 2.27. The molecule has 3 N–H and O–H groups in total. The number of benzene rings is 2. The van der Waals surface area contributed by atoms with E-state index in [4.69, 9.17) is 10.5 Å². The van der Waals surface area contributed by atoms with Crippen molar-refractivity contribution in [2.45, 2.75) is 69.7 Å². The Morgan fingerprint density at radius 1 is 1.10 bits per heavy atom. The number of methoxy groups -OCH3 is 1. The van der Waals surface area contributed by atoms with Crippen LogP contribution < -0.4 is 11.1 Å². The monoisotopic (exact) mass is 537 g/mol. The van der Waals surface area contributed by atoms with E-state index >= 15 is 0 Å². The zero-order valence-electron chi connectivity index (χ0n) is 22.8. The summed E-state index contributed by atoms with van der Waals surface area (Å²) < 4.78 is 5.36.